The number of anilines is 1. The van der Waals surface area contributed by atoms with Crippen LogP contribution in [0.25, 0.3) is 0 Å². The number of likely N-dealkylation sites (N-methyl/N-ethyl adjacent to an activating group) is 1. The van der Waals surface area contributed by atoms with Gasteiger partial charge in [-0.3, -0.25) is 15.1 Å². The molecule has 1 amide bonds. The first kappa shape index (κ1) is 20.5. The maximum absolute atomic E-state index is 11.5. The summed E-state index contributed by atoms with van der Waals surface area (Å²) in [6.07, 6.45) is 2.72. The number of hydrogen-bond donors (Lipinski definition) is 2. The van der Waals surface area contributed by atoms with Crippen molar-refractivity contribution in [2.75, 3.05) is 64.4 Å². The van der Waals surface area contributed by atoms with Crippen molar-refractivity contribution in [3.05, 3.63) is 35.5 Å². The number of nitrogens with one attached hydrogen (secondary N) is 2. The highest BCUT2D eigenvalue weighted by atomic mass is 16.5. The fraction of sp³-hybridized carbons (Fsp3) is 0.571. The molecule has 0 unspecified atom stereocenters. The van der Waals surface area contributed by atoms with Crippen molar-refractivity contribution in [2.24, 2.45) is 0 Å². The number of hydrogen-bond acceptors (Lipinski definition) is 6. The van der Waals surface area contributed by atoms with Gasteiger partial charge < -0.3 is 15.0 Å². The van der Waals surface area contributed by atoms with E-state index >= 15 is 0 Å². The Bertz CT molecular complexity index is 698. The molecular formula is C21H33N5O2. The van der Waals surface area contributed by atoms with Crippen molar-refractivity contribution in [2.45, 2.75) is 20.3 Å². The highest BCUT2D eigenvalue weighted by Crippen LogP contribution is 2.30. The van der Waals surface area contributed by atoms with E-state index in [0.717, 1.165) is 63.7 Å². The molecule has 2 aliphatic heterocycles. The summed E-state index contributed by atoms with van der Waals surface area (Å²) in [7, 11) is 1.87. The van der Waals surface area contributed by atoms with Crippen LogP contribution < -0.4 is 20.4 Å². The van der Waals surface area contributed by atoms with Gasteiger partial charge in [-0.05, 0) is 44.5 Å². The van der Waals surface area contributed by atoms with Gasteiger partial charge in [0.2, 0.25) is 0 Å². The van der Waals surface area contributed by atoms with Crippen LogP contribution in [0.2, 0.25) is 0 Å². The second-order valence-electron chi connectivity index (χ2n) is 7.51. The summed E-state index contributed by atoms with van der Waals surface area (Å²) in [6.45, 7) is 11.7. The van der Waals surface area contributed by atoms with Crippen LogP contribution in [0.5, 0.6) is 5.75 Å². The van der Waals surface area contributed by atoms with E-state index in [4.69, 9.17) is 4.74 Å². The smallest absolute Gasteiger partial charge is 0.260 e. The summed E-state index contributed by atoms with van der Waals surface area (Å²) in [5, 5.41) is 5.19. The minimum absolute atomic E-state index is 0.0603. The van der Waals surface area contributed by atoms with Crippen LogP contribution in [0.3, 0.4) is 0 Å². The standard InChI is InChI=1S/C21H33N5O2/c1-4-28-20-14-17(2)6-7-19(20)26-12-10-25(11-13-26)9-5-8-22-18-15-21(27)23-24(3)16-18/h6-7,14-15,22H,4-5,8-13,16H2,1-3H3,(H,23,27). The molecule has 0 radical (unpaired) electrons. The molecule has 0 saturated carbocycles. The fourth-order valence-corrected chi connectivity index (χ4v) is 3.74. The summed E-state index contributed by atoms with van der Waals surface area (Å²) < 4.78 is 5.85. The normalized spacial score (nSPS) is 18.6. The van der Waals surface area contributed by atoms with Crippen LogP contribution in [-0.4, -0.2) is 75.3 Å². The minimum atomic E-state index is -0.0603. The third-order valence-electron chi connectivity index (χ3n) is 5.15. The molecule has 3 rings (SSSR count). The summed E-state index contributed by atoms with van der Waals surface area (Å²) >= 11 is 0. The first-order valence-corrected chi connectivity index (χ1v) is 10.2. The molecule has 0 bridgehead atoms. The average molecular weight is 388 g/mol. The Morgan fingerprint density at radius 1 is 1.21 bits per heavy atom. The summed E-state index contributed by atoms with van der Waals surface area (Å²) in [5.74, 6) is 0.935. The van der Waals surface area contributed by atoms with Gasteiger partial charge in [0.05, 0.1) is 18.8 Å². The third kappa shape index (κ3) is 5.62. The molecule has 28 heavy (non-hydrogen) atoms. The average Bonchev–Trinajstić information content (AvgIpc) is 2.66. The maximum Gasteiger partial charge on any atom is 0.260 e. The summed E-state index contributed by atoms with van der Waals surface area (Å²) in [5.41, 5.74) is 6.17. The molecule has 7 heteroatoms. The van der Waals surface area contributed by atoms with Crippen LogP contribution in [0, 0.1) is 6.92 Å². The van der Waals surface area contributed by atoms with Crippen molar-refractivity contribution >= 4 is 11.6 Å². The fourth-order valence-electron chi connectivity index (χ4n) is 3.74. The van der Waals surface area contributed by atoms with Crippen molar-refractivity contribution in [1.29, 1.82) is 0 Å². The van der Waals surface area contributed by atoms with Gasteiger partial charge in [-0.2, -0.15) is 0 Å². The Kier molecular flexibility index (Phi) is 7.17. The highest BCUT2D eigenvalue weighted by Gasteiger charge is 2.20. The number of aryl methyl sites for hydroxylation is 1. The Morgan fingerprint density at radius 2 is 2.00 bits per heavy atom. The lowest BCUT2D eigenvalue weighted by Gasteiger charge is -2.37. The van der Waals surface area contributed by atoms with E-state index in [9.17, 15) is 4.79 Å². The van der Waals surface area contributed by atoms with E-state index in [1.54, 1.807) is 11.1 Å². The number of hydrazine groups is 1. The molecule has 1 saturated heterocycles. The molecule has 7 nitrogen and oxygen atoms in total. The SMILES string of the molecule is CCOc1cc(C)ccc1N1CCN(CCCNC2=CC(=O)NN(C)C2)CC1. The van der Waals surface area contributed by atoms with Crippen LogP contribution in [-0.2, 0) is 4.79 Å². The van der Waals surface area contributed by atoms with Crippen LogP contribution >= 0.6 is 0 Å². The second kappa shape index (κ2) is 9.80. The Morgan fingerprint density at radius 3 is 2.71 bits per heavy atom. The van der Waals surface area contributed by atoms with Crippen molar-refractivity contribution in [3.8, 4) is 5.75 Å². The van der Waals surface area contributed by atoms with E-state index in [1.807, 2.05) is 14.0 Å². The maximum atomic E-state index is 11.5. The van der Waals surface area contributed by atoms with E-state index in [0.29, 0.717) is 6.61 Å². The number of rotatable bonds is 8. The van der Waals surface area contributed by atoms with Crippen molar-refractivity contribution in [1.82, 2.24) is 20.7 Å². The largest absolute Gasteiger partial charge is 0.492 e. The van der Waals surface area contributed by atoms with Gasteiger partial charge in [-0.15, -0.1) is 0 Å². The molecular weight excluding hydrogens is 354 g/mol. The predicted molar refractivity (Wildman–Crippen MR) is 112 cm³/mol. The van der Waals surface area contributed by atoms with E-state index in [1.165, 1.54) is 11.3 Å². The summed E-state index contributed by atoms with van der Waals surface area (Å²) in [4.78, 5) is 16.4. The number of carbonyl (C=O) groups excluding carboxylic acids is 1. The second-order valence-corrected chi connectivity index (χ2v) is 7.51. The quantitative estimate of drug-likeness (QED) is 0.657. The van der Waals surface area contributed by atoms with Crippen LogP contribution in [0.4, 0.5) is 5.69 Å². The van der Waals surface area contributed by atoms with E-state index < -0.39 is 0 Å². The Balaban J connectivity index is 1.41. The summed E-state index contributed by atoms with van der Waals surface area (Å²) in [6, 6.07) is 6.48. The Hall–Kier alpha value is -2.25. The van der Waals surface area contributed by atoms with E-state index in [2.05, 4.69) is 45.7 Å². The van der Waals surface area contributed by atoms with Gasteiger partial charge in [0.25, 0.3) is 5.91 Å². The topological polar surface area (TPSA) is 60.1 Å². The highest BCUT2D eigenvalue weighted by molar-refractivity contribution is 5.88. The van der Waals surface area contributed by atoms with Crippen molar-refractivity contribution in [3.63, 3.8) is 0 Å². The van der Waals surface area contributed by atoms with Gasteiger partial charge in [0.1, 0.15) is 5.75 Å². The zero-order valence-electron chi connectivity index (χ0n) is 17.3. The number of benzene rings is 1. The third-order valence-corrected chi connectivity index (χ3v) is 5.15. The molecule has 0 aliphatic carbocycles. The molecule has 1 aromatic carbocycles. The van der Waals surface area contributed by atoms with Gasteiger partial charge >= 0.3 is 0 Å². The number of nitrogens with zero attached hydrogens (tertiary/aromatic N) is 3. The molecule has 2 heterocycles. The number of ether oxygens (including phenoxy) is 1. The zero-order valence-corrected chi connectivity index (χ0v) is 17.3. The lowest BCUT2D eigenvalue weighted by atomic mass is 10.1. The molecule has 1 fully saturated rings. The van der Waals surface area contributed by atoms with Crippen molar-refractivity contribution < 1.29 is 9.53 Å². The van der Waals surface area contributed by atoms with Crippen LogP contribution in [0.1, 0.15) is 18.9 Å². The number of piperazine rings is 1. The van der Waals surface area contributed by atoms with Gasteiger partial charge in [-0.25, -0.2) is 5.01 Å². The van der Waals surface area contributed by atoms with Gasteiger partial charge in [0.15, 0.2) is 0 Å². The molecule has 2 aliphatic rings. The monoisotopic (exact) mass is 387 g/mol. The minimum Gasteiger partial charge on any atom is -0.492 e. The molecule has 2 N–H and O–H groups in total. The molecule has 0 spiro atoms. The molecule has 1 aromatic rings. The Labute approximate surface area is 168 Å². The number of carbonyl (C=O) groups is 1. The predicted octanol–water partition coefficient (Wildman–Crippen LogP) is 1.36. The molecule has 0 aromatic heterocycles. The zero-order chi connectivity index (χ0) is 19.9. The first-order chi connectivity index (χ1) is 13.5. The lowest BCUT2D eigenvalue weighted by Crippen LogP contribution is -2.47. The van der Waals surface area contributed by atoms with E-state index in [-0.39, 0.29) is 5.91 Å². The van der Waals surface area contributed by atoms with Gasteiger partial charge in [-0.1, -0.05) is 6.07 Å². The van der Waals surface area contributed by atoms with Crippen LogP contribution in [0.15, 0.2) is 30.0 Å². The molecule has 0 atom stereocenters. The first-order valence-electron chi connectivity index (χ1n) is 10.2. The van der Waals surface area contributed by atoms with Gasteiger partial charge in [0, 0.05) is 51.5 Å². The number of amides is 1. The molecule has 154 valence electrons. The lowest BCUT2D eigenvalue weighted by molar-refractivity contribution is -0.121.